The van der Waals surface area contributed by atoms with Crippen molar-refractivity contribution in [3.8, 4) is 11.4 Å². The summed E-state index contributed by atoms with van der Waals surface area (Å²) in [5.41, 5.74) is 2.20. The van der Waals surface area contributed by atoms with Crippen LogP contribution in [-0.4, -0.2) is 21.5 Å². The topological polar surface area (TPSA) is 46.9 Å². The van der Waals surface area contributed by atoms with Gasteiger partial charge in [-0.3, -0.25) is 4.79 Å². The van der Waals surface area contributed by atoms with Crippen LogP contribution in [0.5, 0.6) is 0 Å². The molecule has 130 valence electrons. The lowest BCUT2D eigenvalue weighted by molar-refractivity contribution is -0.122. The van der Waals surface area contributed by atoms with Crippen molar-refractivity contribution in [1.82, 2.24) is 14.9 Å². The van der Waals surface area contributed by atoms with Gasteiger partial charge in [0.15, 0.2) is 0 Å². The second-order valence-corrected chi connectivity index (χ2v) is 7.33. The van der Waals surface area contributed by atoms with E-state index in [-0.39, 0.29) is 23.5 Å². The quantitative estimate of drug-likeness (QED) is 0.655. The number of hydrogen-bond donors (Lipinski definition) is 1. The molecule has 0 spiro atoms. The van der Waals surface area contributed by atoms with Crippen LogP contribution in [0.3, 0.4) is 0 Å². The highest BCUT2D eigenvalue weighted by molar-refractivity contribution is 9.10. The van der Waals surface area contributed by atoms with Crippen molar-refractivity contribution in [2.24, 2.45) is 0 Å². The minimum atomic E-state index is -0.492. The summed E-state index contributed by atoms with van der Waals surface area (Å²) < 4.78 is 16.2. The van der Waals surface area contributed by atoms with E-state index < -0.39 is 5.82 Å². The van der Waals surface area contributed by atoms with Gasteiger partial charge in [-0.05, 0) is 50.2 Å². The van der Waals surface area contributed by atoms with Crippen LogP contribution in [0.15, 0.2) is 40.9 Å². The van der Waals surface area contributed by atoms with Crippen LogP contribution in [0.1, 0.15) is 13.8 Å². The lowest BCUT2D eigenvalue weighted by Crippen LogP contribution is -2.33. The lowest BCUT2D eigenvalue weighted by Gasteiger charge is -2.12. The minimum absolute atomic E-state index is 0.0175. The van der Waals surface area contributed by atoms with Crippen LogP contribution in [0.2, 0.25) is 5.02 Å². The highest BCUT2D eigenvalue weighted by atomic mass is 79.9. The molecule has 0 radical (unpaired) electrons. The van der Waals surface area contributed by atoms with Crippen molar-refractivity contribution in [3.05, 3.63) is 51.7 Å². The average Bonchev–Trinajstić information content (AvgIpc) is 2.87. The van der Waals surface area contributed by atoms with E-state index in [0.29, 0.717) is 11.4 Å². The van der Waals surface area contributed by atoms with Crippen LogP contribution >= 0.6 is 27.5 Å². The van der Waals surface area contributed by atoms with Crippen molar-refractivity contribution in [3.63, 3.8) is 0 Å². The van der Waals surface area contributed by atoms with Gasteiger partial charge in [0.05, 0.1) is 16.1 Å². The van der Waals surface area contributed by atoms with Gasteiger partial charge in [0.1, 0.15) is 18.2 Å². The van der Waals surface area contributed by atoms with Gasteiger partial charge in [0.25, 0.3) is 0 Å². The summed E-state index contributed by atoms with van der Waals surface area (Å²) in [4.78, 5) is 16.9. The van der Waals surface area contributed by atoms with Crippen molar-refractivity contribution < 1.29 is 9.18 Å². The SMILES string of the molecule is CC(C)NC(=O)Cn1c(-c2ccc(F)c(Cl)c2)nc2ccc(Br)cc21. The first kappa shape index (κ1) is 17.9. The van der Waals surface area contributed by atoms with Gasteiger partial charge >= 0.3 is 0 Å². The highest BCUT2D eigenvalue weighted by Crippen LogP contribution is 2.29. The molecule has 0 aliphatic heterocycles. The number of carbonyl (C=O) groups is 1. The molecule has 1 N–H and O–H groups in total. The molecule has 0 aliphatic rings. The van der Waals surface area contributed by atoms with E-state index in [4.69, 9.17) is 11.6 Å². The first-order valence-electron chi connectivity index (χ1n) is 7.75. The molecule has 1 aromatic heterocycles. The van der Waals surface area contributed by atoms with E-state index in [1.807, 2.05) is 32.0 Å². The predicted molar refractivity (Wildman–Crippen MR) is 101 cm³/mol. The molecule has 0 atom stereocenters. The van der Waals surface area contributed by atoms with Crippen molar-refractivity contribution in [1.29, 1.82) is 0 Å². The molecule has 0 saturated heterocycles. The second kappa shape index (κ2) is 7.14. The van der Waals surface area contributed by atoms with Gasteiger partial charge in [-0.2, -0.15) is 0 Å². The summed E-state index contributed by atoms with van der Waals surface area (Å²) in [5, 5.41) is 2.89. The maximum Gasteiger partial charge on any atom is 0.240 e. The molecule has 3 aromatic rings. The Morgan fingerprint density at radius 1 is 1.32 bits per heavy atom. The van der Waals surface area contributed by atoms with Crippen LogP contribution in [0.4, 0.5) is 4.39 Å². The number of halogens is 3. The summed E-state index contributed by atoms with van der Waals surface area (Å²) in [5.74, 6) is -0.0500. The minimum Gasteiger partial charge on any atom is -0.352 e. The number of hydrogen-bond acceptors (Lipinski definition) is 2. The fourth-order valence-electron chi connectivity index (χ4n) is 2.62. The number of nitrogens with zero attached hydrogens (tertiary/aromatic N) is 2. The van der Waals surface area contributed by atoms with E-state index in [2.05, 4.69) is 26.2 Å². The van der Waals surface area contributed by atoms with Gasteiger partial charge in [0, 0.05) is 16.1 Å². The van der Waals surface area contributed by atoms with Crippen molar-refractivity contribution in [2.75, 3.05) is 0 Å². The third kappa shape index (κ3) is 3.85. The molecule has 0 unspecified atom stereocenters. The van der Waals surface area contributed by atoms with Gasteiger partial charge < -0.3 is 9.88 Å². The van der Waals surface area contributed by atoms with E-state index in [0.717, 1.165) is 15.5 Å². The number of nitrogens with one attached hydrogen (secondary N) is 1. The Balaban J connectivity index is 2.14. The molecular formula is C18H16BrClFN3O. The summed E-state index contributed by atoms with van der Waals surface area (Å²) in [6.07, 6.45) is 0. The summed E-state index contributed by atoms with van der Waals surface area (Å²) in [6.45, 7) is 3.91. The second-order valence-electron chi connectivity index (χ2n) is 6.01. The number of fused-ring (bicyclic) bond motifs is 1. The van der Waals surface area contributed by atoms with Gasteiger partial charge in [-0.15, -0.1) is 0 Å². The third-order valence-corrected chi connectivity index (χ3v) is 4.42. The summed E-state index contributed by atoms with van der Waals surface area (Å²) in [7, 11) is 0. The molecule has 0 aliphatic carbocycles. The van der Waals surface area contributed by atoms with Gasteiger partial charge in [0.2, 0.25) is 5.91 Å². The molecule has 7 heteroatoms. The van der Waals surface area contributed by atoms with Crippen molar-refractivity contribution >= 4 is 44.5 Å². The number of rotatable bonds is 4. The fourth-order valence-corrected chi connectivity index (χ4v) is 3.15. The highest BCUT2D eigenvalue weighted by Gasteiger charge is 2.17. The number of amides is 1. The molecule has 25 heavy (non-hydrogen) atoms. The first-order chi connectivity index (χ1) is 11.8. The number of imidazole rings is 1. The Hall–Kier alpha value is -1.92. The maximum absolute atomic E-state index is 13.5. The smallest absolute Gasteiger partial charge is 0.240 e. The van der Waals surface area contributed by atoms with Crippen LogP contribution in [-0.2, 0) is 11.3 Å². The van der Waals surface area contributed by atoms with Crippen LogP contribution in [0, 0.1) is 5.82 Å². The van der Waals surface area contributed by atoms with Crippen LogP contribution in [0.25, 0.3) is 22.4 Å². The van der Waals surface area contributed by atoms with E-state index in [1.165, 1.54) is 12.1 Å². The van der Waals surface area contributed by atoms with E-state index in [1.54, 1.807) is 10.6 Å². The standard InChI is InChI=1S/C18H16BrClFN3O/c1-10(2)22-17(25)9-24-16-8-12(19)4-6-15(16)23-18(24)11-3-5-14(21)13(20)7-11/h3-8,10H,9H2,1-2H3,(H,22,25). The molecule has 1 heterocycles. The largest absolute Gasteiger partial charge is 0.352 e. The summed E-state index contributed by atoms with van der Waals surface area (Å²) in [6, 6.07) is 10.1. The number of aromatic nitrogens is 2. The zero-order valence-corrected chi connectivity index (χ0v) is 16.0. The Labute approximate surface area is 158 Å². The number of carbonyl (C=O) groups excluding carboxylic acids is 1. The maximum atomic E-state index is 13.5. The first-order valence-corrected chi connectivity index (χ1v) is 8.93. The normalized spacial score (nSPS) is 11.3. The molecule has 2 aromatic carbocycles. The van der Waals surface area contributed by atoms with Gasteiger partial charge in [-0.25, -0.2) is 9.37 Å². The van der Waals surface area contributed by atoms with Crippen molar-refractivity contribution in [2.45, 2.75) is 26.4 Å². The Bertz CT molecular complexity index is 955. The molecule has 4 nitrogen and oxygen atoms in total. The molecule has 0 fully saturated rings. The Morgan fingerprint density at radius 2 is 2.08 bits per heavy atom. The third-order valence-electron chi connectivity index (χ3n) is 3.64. The van der Waals surface area contributed by atoms with Crippen LogP contribution < -0.4 is 5.32 Å². The Morgan fingerprint density at radius 3 is 2.76 bits per heavy atom. The summed E-state index contributed by atoms with van der Waals surface area (Å²) >= 11 is 9.36. The average molecular weight is 425 g/mol. The predicted octanol–water partition coefficient (Wildman–Crippen LogP) is 4.78. The Kier molecular flexibility index (Phi) is 5.11. The zero-order chi connectivity index (χ0) is 18.1. The fraction of sp³-hybridized carbons (Fsp3) is 0.222. The number of benzene rings is 2. The molecule has 1 amide bonds. The molecule has 3 rings (SSSR count). The molecule has 0 bridgehead atoms. The monoisotopic (exact) mass is 423 g/mol. The van der Waals surface area contributed by atoms with E-state index >= 15 is 0 Å². The lowest BCUT2D eigenvalue weighted by atomic mass is 10.2. The molecule has 0 saturated carbocycles. The molecular weight excluding hydrogens is 409 g/mol. The zero-order valence-electron chi connectivity index (χ0n) is 13.7. The van der Waals surface area contributed by atoms with E-state index in [9.17, 15) is 9.18 Å². The van der Waals surface area contributed by atoms with Gasteiger partial charge in [-0.1, -0.05) is 27.5 Å².